The number of halogens is 2. The van der Waals surface area contributed by atoms with Crippen LogP contribution in [0.5, 0.6) is 0 Å². The largest absolute Gasteiger partial charge is 0.267 e. The van der Waals surface area contributed by atoms with E-state index in [2.05, 4.69) is 62.8 Å². The zero-order valence-corrected chi connectivity index (χ0v) is 14.8. The van der Waals surface area contributed by atoms with Crippen LogP contribution in [0.2, 0.25) is 0 Å². The molecule has 2 heterocycles. The van der Waals surface area contributed by atoms with E-state index in [0.717, 1.165) is 45.5 Å². The maximum atomic E-state index is 4.62. The van der Waals surface area contributed by atoms with Crippen LogP contribution in [-0.2, 0) is 19.5 Å². The van der Waals surface area contributed by atoms with Crippen molar-refractivity contribution in [3.63, 3.8) is 0 Å². The van der Waals surface area contributed by atoms with E-state index in [1.54, 1.807) is 0 Å². The molecular weight excluding hydrogens is 372 g/mol. The predicted molar refractivity (Wildman–Crippen MR) is 83.5 cm³/mol. The van der Waals surface area contributed by atoms with Crippen molar-refractivity contribution in [2.45, 2.75) is 47.2 Å². The summed E-state index contributed by atoms with van der Waals surface area (Å²) in [5.74, 6) is 0. The summed E-state index contributed by atoms with van der Waals surface area (Å²) in [6.07, 6.45) is 0.932. The lowest BCUT2D eigenvalue weighted by atomic mass is 10.3. The molecule has 2 rings (SSSR count). The molecule has 0 bridgehead atoms. The van der Waals surface area contributed by atoms with Crippen LogP contribution in [0.25, 0.3) is 0 Å². The standard InChI is InChI=1S/C13H18Br2N4/c1-5-10-13(15)11(18(6-2)17-10)7-19-9(4)12(14)8(3)16-19/h5-7H2,1-4H3. The molecular formula is C13H18Br2N4. The molecule has 6 heteroatoms. The van der Waals surface area contributed by atoms with Gasteiger partial charge in [0.1, 0.15) is 0 Å². The van der Waals surface area contributed by atoms with Crippen molar-refractivity contribution in [1.82, 2.24) is 19.6 Å². The number of aryl methyl sites for hydroxylation is 3. The van der Waals surface area contributed by atoms with E-state index >= 15 is 0 Å². The molecule has 0 atom stereocenters. The minimum Gasteiger partial charge on any atom is -0.267 e. The maximum absolute atomic E-state index is 4.62. The molecule has 0 saturated carbocycles. The Balaban J connectivity index is 2.42. The van der Waals surface area contributed by atoms with Gasteiger partial charge in [0.05, 0.1) is 38.3 Å². The van der Waals surface area contributed by atoms with Gasteiger partial charge < -0.3 is 0 Å². The third kappa shape index (κ3) is 2.65. The molecule has 0 radical (unpaired) electrons. The maximum Gasteiger partial charge on any atom is 0.0843 e. The molecule has 0 aliphatic carbocycles. The van der Waals surface area contributed by atoms with Crippen LogP contribution in [-0.4, -0.2) is 19.6 Å². The Morgan fingerprint density at radius 2 is 1.68 bits per heavy atom. The van der Waals surface area contributed by atoms with Crippen LogP contribution in [0.15, 0.2) is 8.95 Å². The Hall–Kier alpha value is -0.620. The van der Waals surface area contributed by atoms with Gasteiger partial charge >= 0.3 is 0 Å². The molecule has 0 spiro atoms. The Kier molecular flexibility index (Phi) is 4.50. The van der Waals surface area contributed by atoms with Gasteiger partial charge in [0.15, 0.2) is 0 Å². The highest BCUT2D eigenvalue weighted by molar-refractivity contribution is 9.10. The van der Waals surface area contributed by atoms with E-state index in [0.29, 0.717) is 0 Å². The van der Waals surface area contributed by atoms with E-state index in [1.807, 2.05) is 16.3 Å². The molecule has 19 heavy (non-hydrogen) atoms. The van der Waals surface area contributed by atoms with Gasteiger partial charge in [-0.05, 0) is 59.1 Å². The van der Waals surface area contributed by atoms with Gasteiger partial charge in [0.2, 0.25) is 0 Å². The molecule has 104 valence electrons. The number of hydrogen-bond donors (Lipinski definition) is 0. The Labute approximate surface area is 130 Å². The van der Waals surface area contributed by atoms with Gasteiger partial charge in [-0.2, -0.15) is 10.2 Å². The molecule has 4 nitrogen and oxygen atoms in total. The van der Waals surface area contributed by atoms with Gasteiger partial charge in [-0.1, -0.05) is 6.92 Å². The fourth-order valence-electron chi connectivity index (χ4n) is 2.14. The highest BCUT2D eigenvalue weighted by Gasteiger charge is 2.16. The summed E-state index contributed by atoms with van der Waals surface area (Å²) in [6.45, 7) is 9.92. The minimum absolute atomic E-state index is 0.736. The fraction of sp³-hybridized carbons (Fsp3) is 0.538. The molecule has 0 amide bonds. The lowest BCUT2D eigenvalue weighted by Crippen LogP contribution is -2.10. The second-order valence-corrected chi connectivity index (χ2v) is 6.11. The second-order valence-electron chi connectivity index (χ2n) is 4.52. The van der Waals surface area contributed by atoms with Crippen LogP contribution in [0, 0.1) is 13.8 Å². The Morgan fingerprint density at radius 1 is 1.00 bits per heavy atom. The van der Waals surface area contributed by atoms with E-state index in [4.69, 9.17) is 0 Å². The highest BCUT2D eigenvalue weighted by atomic mass is 79.9. The molecule has 2 aromatic heterocycles. The number of nitrogens with zero attached hydrogens (tertiary/aromatic N) is 4. The quantitative estimate of drug-likeness (QED) is 0.795. The summed E-state index contributed by atoms with van der Waals surface area (Å²) in [7, 11) is 0. The summed E-state index contributed by atoms with van der Waals surface area (Å²) in [4.78, 5) is 0. The predicted octanol–water partition coefficient (Wildman–Crippen LogP) is 3.85. The monoisotopic (exact) mass is 388 g/mol. The highest BCUT2D eigenvalue weighted by Crippen LogP contribution is 2.25. The number of rotatable bonds is 4. The first-order valence-electron chi connectivity index (χ1n) is 6.43. The first kappa shape index (κ1) is 14.8. The number of aromatic nitrogens is 4. The van der Waals surface area contributed by atoms with E-state index < -0.39 is 0 Å². The van der Waals surface area contributed by atoms with Crippen LogP contribution in [0.1, 0.15) is 36.6 Å². The first-order valence-corrected chi connectivity index (χ1v) is 8.01. The molecule has 0 aromatic carbocycles. The SMILES string of the molecule is CCc1nn(CC)c(Cn2nc(C)c(Br)c2C)c1Br. The molecule has 0 aliphatic rings. The van der Waals surface area contributed by atoms with Crippen LogP contribution >= 0.6 is 31.9 Å². The topological polar surface area (TPSA) is 35.6 Å². The van der Waals surface area contributed by atoms with Crippen LogP contribution in [0.4, 0.5) is 0 Å². The van der Waals surface area contributed by atoms with Crippen LogP contribution in [0.3, 0.4) is 0 Å². The third-order valence-electron chi connectivity index (χ3n) is 3.29. The lowest BCUT2D eigenvalue weighted by molar-refractivity contribution is 0.564. The lowest BCUT2D eigenvalue weighted by Gasteiger charge is -2.07. The van der Waals surface area contributed by atoms with Crippen molar-refractivity contribution in [3.05, 3.63) is 31.7 Å². The first-order chi connectivity index (χ1) is 8.99. The zero-order valence-electron chi connectivity index (χ0n) is 11.7. The molecule has 2 aromatic rings. The van der Waals surface area contributed by atoms with Crippen molar-refractivity contribution >= 4 is 31.9 Å². The molecule has 0 saturated heterocycles. The second kappa shape index (κ2) is 5.79. The Morgan fingerprint density at radius 3 is 2.16 bits per heavy atom. The van der Waals surface area contributed by atoms with Gasteiger partial charge in [0.25, 0.3) is 0 Å². The number of hydrogen-bond acceptors (Lipinski definition) is 2. The Bertz CT molecular complexity index is 598. The summed E-state index contributed by atoms with van der Waals surface area (Å²) in [6, 6.07) is 0. The molecule has 0 N–H and O–H groups in total. The van der Waals surface area contributed by atoms with Gasteiger partial charge in [-0.15, -0.1) is 0 Å². The van der Waals surface area contributed by atoms with Crippen molar-refractivity contribution in [1.29, 1.82) is 0 Å². The van der Waals surface area contributed by atoms with E-state index in [9.17, 15) is 0 Å². The van der Waals surface area contributed by atoms with Crippen molar-refractivity contribution < 1.29 is 0 Å². The van der Waals surface area contributed by atoms with Crippen molar-refractivity contribution in [2.75, 3.05) is 0 Å². The normalized spacial score (nSPS) is 11.3. The van der Waals surface area contributed by atoms with Gasteiger partial charge in [0, 0.05) is 6.54 Å². The fourth-order valence-corrected chi connectivity index (χ4v) is 3.11. The molecule has 0 aliphatic heterocycles. The van der Waals surface area contributed by atoms with Gasteiger partial charge in [-0.25, -0.2) is 0 Å². The summed E-state index contributed by atoms with van der Waals surface area (Å²) in [5.41, 5.74) is 4.45. The van der Waals surface area contributed by atoms with Crippen LogP contribution < -0.4 is 0 Å². The average molecular weight is 390 g/mol. The minimum atomic E-state index is 0.736. The summed E-state index contributed by atoms with van der Waals surface area (Å²) < 4.78 is 6.27. The van der Waals surface area contributed by atoms with E-state index in [1.165, 1.54) is 5.69 Å². The molecule has 0 fully saturated rings. The summed E-state index contributed by atoms with van der Waals surface area (Å²) in [5, 5.41) is 9.18. The smallest absolute Gasteiger partial charge is 0.0843 e. The van der Waals surface area contributed by atoms with Crippen molar-refractivity contribution in [3.8, 4) is 0 Å². The zero-order chi connectivity index (χ0) is 14.2. The average Bonchev–Trinajstić information content (AvgIpc) is 2.83. The van der Waals surface area contributed by atoms with E-state index in [-0.39, 0.29) is 0 Å². The molecule has 0 unspecified atom stereocenters. The van der Waals surface area contributed by atoms with Crippen molar-refractivity contribution in [2.24, 2.45) is 0 Å². The summed E-state index contributed by atoms with van der Waals surface area (Å²) >= 11 is 7.24. The van der Waals surface area contributed by atoms with Gasteiger partial charge in [-0.3, -0.25) is 9.36 Å². The third-order valence-corrected chi connectivity index (χ3v) is 5.35.